The van der Waals surface area contributed by atoms with Gasteiger partial charge in [-0.1, -0.05) is 6.92 Å². The number of hydrogen-bond donors (Lipinski definition) is 2. The van der Waals surface area contributed by atoms with Gasteiger partial charge in [0.15, 0.2) is 5.75 Å². The van der Waals surface area contributed by atoms with E-state index in [1.54, 1.807) is 19.5 Å². The van der Waals surface area contributed by atoms with Crippen LogP contribution in [-0.2, 0) is 4.79 Å². The number of hydrogen-bond acceptors (Lipinski definition) is 5. The first-order valence-corrected chi connectivity index (χ1v) is 5.63. The van der Waals surface area contributed by atoms with E-state index >= 15 is 0 Å². The highest BCUT2D eigenvalue weighted by Gasteiger charge is 2.01. The summed E-state index contributed by atoms with van der Waals surface area (Å²) in [6.07, 6.45) is 4.51. The third-order valence-electron chi connectivity index (χ3n) is 2.07. The molecule has 0 spiro atoms. The number of nitrogens with zero attached hydrogens (tertiary/aromatic N) is 2. The fourth-order valence-electron chi connectivity index (χ4n) is 1.15. The third-order valence-corrected chi connectivity index (χ3v) is 2.07. The van der Waals surface area contributed by atoms with E-state index in [0.717, 1.165) is 13.0 Å². The van der Waals surface area contributed by atoms with Crippen LogP contribution < -0.4 is 15.4 Å². The Morgan fingerprint density at radius 3 is 2.65 bits per heavy atom. The topological polar surface area (TPSA) is 76.1 Å². The first-order chi connectivity index (χ1) is 8.26. The smallest absolute Gasteiger partial charge is 0.222 e. The molecule has 6 heteroatoms. The van der Waals surface area contributed by atoms with Gasteiger partial charge in [0, 0.05) is 19.5 Å². The van der Waals surface area contributed by atoms with Gasteiger partial charge in [-0.15, -0.1) is 0 Å². The molecule has 0 atom stereocenters. The van der Waals surface area contributed by atoms with E-state index in [0.29, 0.717) is 24.7 Å². The molecule has 0 saturated carbocycles. The maximum absolute atomic E-state index is 11.3. The van der Waals surface area contributed by atoms with Gasteiger partial charge < -0.3 is 15.4 Å². The summed E-state index contributed by atoms with van der Waals surface area (Å²) in [7, 11) is 1.56. The van der Waals surface area contributed by atoms with E-state index in [2.05, 4.69) is 20.6 Å². The highest BCUT2D eigenvalue weighted by Crippen LogP contribution is 2.06. The third kappa shape index (κ3) is 5.14. The molecule has 0 aliphatic heterocycles. The summed E-state index contributed by atoms with van der Waals surface area (Å²) in [6.45, 7) is 3.25. The van der Waals surface area contributed by atoms with Crippen LogP contribution in [0.5, 0.6) is 5.75 Å². The Balaban J connectivity index is 2.23. The van der Waals surface area contributed by atoms with Gasteiger partial charge in [0.2, 0.25) is 11.9 Å². The van der Waals surface area contributed by atoms with Gasteiger partial charge in [0.05, 0.1) is 19.5 Å². The number of methoxy groups -OCH3 is 1. The summed E-state index contributed by atoms with van der Waals surface area (Å²) in [6, 6.07) is 0. The first kappa shape index (κ1) is 13.2. The Labute approximate surface area is 101 Å². The number of nitrogens with one attached hydrogen (secondary N) is 2. The van der Waals surface area contributed by atoms with Crippen molar-refractivity contribution >= 4 is 11.9 Å². The Hall–Kier alpha value is -1.85. The molecule has 17 heavy (non-hydrogen) atoms. The number of carbonyl (C=O) groups excluding carboxylic acids is 1. The van der Waals surface area contributed by atoms with Crippen molar-refractivity contribution in [3.05, 3.63) is 12.4 Å². The zero-order valence-corrected chi connectivity index (χ0v) is 10.2. The molecule has 94 valence electrons. The van der Waals surface area contributed by atoms with Crippen LogP contribution >= 0.6 is 0 Å². The van der Waals surface area contributed by atoms with Crippen molar-refractivity contribution in [3.8, 4) is 5.75 Å². The van der Waals surface area contributed by atoms with Crippen LogP contribution in [0.4, 0.5) is 5.95 Å². The lowest BCUT2D eigenvalue weighted by molar-refractivity contribution is -0.120. The summed E-state index contributed by atoms with van der Waals surface area (Å²) in [4.78, 5) is 19.3. The lowest BCUT2D eigenvalue weighted by atomic mass is 10.4. The molecule has 1 aromatic heterocycles. The van der Waals surface area contributed by atoms with Crippen molar-refractivity contribution in [1.29, 1.82) is 0 Å². The van der Waals surface area contributed by atoms with E-state index in [4.69, 9.17) is 4.74 Å². The van der Waals surface area contributed by atoms with Gasteiger partial charge >= 0.3 is 0 Å². The predicted octanol–water partition coefficient (Wildman–Crippen LogP) is 0.813. The average Bonchev–Trinajstić information content (AvgIpc) is 2.37. The molecular weight excluding hydrogens is 220 g/mol. The molecule has 0 aliphatic carbocycles. The Kier molecular flexibility index (Phi) is 5.77. The van der Waals surface area contributed by atoms with Gasteiger partial charge in [0.25, 0.3) is 0 Å². The lowest BCUT2D eigenvalue weighted by Crippen LogP contribution is -2.26. The summed E-state index contributed by atoms with van der Waals surface area (Å²) < 4.78 is 4.94. The first-order valence-electron chi connectivity index (χ1n) is 5.63. The molecule has 0 aliphatic rings. The largest absolute Gasteiger partial charge is 0.494 e. The molecule has 1 heterocycles. The molecule has 1 rings (SSSR count). The number of anilines is 1. The van der Waals surface area contributed by atoms with Crippen molar-refractivity contribution in [2.75, 3.05) is 25.5 Å². The minimum Gasteiger partial charge on any atom is -0.494 e. The number of ether oxygens (including phenoxy) is 1. The van der Waals surface area contributed by atoms with Gasteiger partial charge in [-0.05, 0) is 6.42 Å². The van der Waals surface area contributed by atoms with Crippen LogP contribution in [0.25, 0.3) is 0 Å². The lowest BCUT2D eigenvalue weighted by Gasteiger charge is -2.05. The van der Waals surface area contributed by atoms with E-state index in [-0.39, 0.29) is 5.91 Å². The predicted molar refractivity (Wildman–Crippen MR) is 65.0 cm³/mol. The van der Waals surface area contributed by atoms with E-state index in [1.165, 1.54) is 0 Å². The minimum absolute atomic E-state index is 0.0351. The summed E-state index contributed by atoms with van der Waals surface area (Å²) in [5, 5.41) is 5.76. The highest BCUT2D eigenvalue weighted by atomic mass is 16.5. The summed E-state index contributed by atoms with van der Waals surface area (Å²) in [5.74, 6) is 1.14. The molecule has 0 saturated heterocycles. The molecule has 0 radical (unpaired) electrons. The van der Waals surface area contributed by atoms with E-state index in [9.17, 15) is 4.79 Å². The second-order valence-corrected chi connectivity index (χ2v) is 3.47. The van der Waals surface area contributed by atoms with Crippen molar-refractivity contribution in [3.63, 3.8) is 0 Å². The standard InChI is InChI=1S/C11H18N4O2/c1-3-5-12-10(16)4-6-13-11-14-7-9(17-2)8-15-11/h7-8H,3-6H2,1-2H3,(H,12,16)(H,13,14,15). The van der Waals surface area contributed by atoms with E-state index < -0.39 is 0 Å². The Bertz CT molecular complexity index is 340. The van der Waals surface area contributed by atoms with Gasteiger partial charge in [0.1, 0.15) is 0 Å². The van der Waals surface area contributed by atoms with Crippen molar-refractivity contribution in [2.45, 2.75) is 19.8 Å². The monoisotopic (exact) mass is 238 g/mol. The molecule has 0 fully saturated rings. The van der Waals surface area contributed by atoms with Gasteiger partial charge in [-0.2, -0.15) is 0 Å². The molecule has 0 aromatic carbocycles. The fraction of sp³-hybridized carbons (Fsp3) is 0.545. The SMILES string of the molecule is CCCNC(=O)CCNc1ncc(OC)cn1. The maximum Gasteiger partial charge on any atom is 0.222 e. The average molecular weight is 238 g/mol. The fourth-order valence-corrected chi connectivity index (χ4v) is 1.15. The number of amides is 1. The normalized spacial score (nSPS) is 9.76. The summed E-state index contributed by atoms with van der Waals surface area (Å²) >= 11 is 0. The van der Waals surface area contributed by atoms with Crippen LogP contribution in [0.3, 0.4) is 0 Å². The van der Waals surface area contributed by atoms with Gasteiger partial charge in [-0.3, -0.25) is 4.79 Å². The molecule has 1 amide bonds. The molecule has 1 aromatic rings. The molecule has 0 unspecified atom stereocenters. The second-order valence-electron chi connectivity index (χ2n) is 3.47. The number of rotatable bonds is 7. The van der Waals surface area contributed by atoms with Crippen molar-refractivity contribution in [1.82, 2.24) is 15.3 Å². The zero-order chi connectivity index (χ0) is 12.5. The Morgan fingerprint density at radius 1 is 1.35 bits per heavy atom. The number of carbonyl (C=O) groups is 1. The van der Waals surface area contributed by atoms with Crippen molar-refractivity contribution < 1.29 is 9.53 Å². The second kappa shape index (κ2) is 7.43. The van der Waals surface area contributed by atoms with Crippen LogP contribution in [0.1, 0.15) is 19.8 Å². The molecule has 0 bridgehead atoms. The zero-order valence-electron chi connectivity index (χ0n) is 10.2. The van der Waals surface area contributed by atoms with Crippen LogP contribution in [0.2, 0.25) is 0 Å². The van der Waals surface area contributed by atoms with Crippen LogP contribution in [-0.4, -0.2) is 36.1 Å². The van der Waals surface area contributed by atoms with Gasteiger partial charge in [-0.25, -0.2) is 9.97 Å². The minimum atomic E-state index is 0.0351. The van der Waals surface area contributed by atoms with Crippen molar-refractivity contribution in [2.24, 2.45) is 0 Å². The molecule has 2 N–H and O–H groups in total. The van der Waals surface area contributed by atoms with E-state index in [1.807, 2.05) is 6.92 Å². The maximum atomic E-state index is 11.3. The molecule has 6 nitrogen and oxygen atoms in total. The Morgan fingerprint density at radius 2 is 2.06 bits per heavy atom. The number of aromatic nitrogens is 2. The quantitative estimate of drug-likeness (QED) is 0.735. The van der Waals surface area contributed by atoms with Crippen LogP contribution in [0.15, 0.2) is 12.4 Å². The summed E-state index contributed by atoms with van der Waals surface area (Å²) in [5.41, 5.74) is 0. The molecular formula is C11H18N4O2. The highest BCUT2D eigenvalue weighted by molar-refractivity contribution is 5.76. The van der Waals surface area contributed by atoms with Crippen LogP contribution in [0, 0.1) is 0 Å².